The molecule has 1 amide bonds. The molecule has 0 spiro atoms. The molecule has 0 aromatic carbocycles. The van der Waals surface area contributed by atoms with Gasteiger partial charge in [-0.05, 0) is 25.0 Å². The zero-order chi connectivity index (χ0) is 11.4. The molecule has 3 N–H and O–H groups in total. The average molecular weight is 221 g/mol. The molecule has 0 atom stereocenters. The molecule has 86 valence electrons. The van der Waals surface area contributed by atoms with Crippen LogP contribution in [0.2, 0.25) is 0 Å². The number of pyridine rings is 1. The minimum atomic E-state index is -0.0197. The molecule has 1 aromatic rings. The van der Waals surface area contributed by atoms with E-state index >= 15 is 0 Å². The van der Waals surface area contributed by atoms with Crippen LogP contribution in [0.25, 0.3) is 0 Å². The largest absolute Gasteiger partial charge is 0.396 e. The number of ether oxygens (including phenoxy) is 1. The molecule has 2 heterocycles. The Kier molecular flexibility index (Phi) is 3.36. The molecule has 5 heteroatoms. The second-order valence-electron chi connectivity index (χ2n) is 3.82. The molecule has 1 aliphatic heterocycles. The third-order valence-electron chi connectivity index (χ3n) is 2.67. The summed E-state index contributed by atoms with van der Waals surface area (Å²) in [5.41, 5.74) is 6.19. The van der Waals surface area contributed by atoms with E-state index in [4.69, 9.17) is 10.5 Å². The molecule has 2 rings (SSSR count). The van der Waals surface area contributed by atoms with Crippen molar-refractivity contribution in [2.24, 2.45) is 5.92 Å². The summed E-state index contributed by atoms with van der Waals surface area (Å²) in [7, 11) is 0. The van der Waals surface area contributed by atoms with Gasteiger partial charge in [0.2, 0.25) is 5.91 Å². The van der Waals surface area contributed by atoms with E-state index in [0.717, 1.165) is 12.8 Å². The van der Waals surface area contributed by atoms with Crippen LogP contribution in [0.1, 0.15) is 12.8 Å². The Morgan fingerprint density at radius 1 is 1.50 bits per heavy atom. The molecule has 1 saturated heterocycles. The maximum Gasteiger partial charge on any atom is 0.228 e. The number of nitrogens with zero attached hydrogens (tertiary/aromatic N) is 1. The van der Waals surface area contributed by atoms with E-state index in [-0.39, 0.29) is 11.8 Å². The van der Waals surface area contributed by atoms with Gasteiger partial charge in [0.15, 0.2) is 5.82 Å². The zero-order valence-corrected chi connectivity index (χ0v) is 8.98. The van der Waals surface area contributed by atoms with Crippen molar-refractivity contribution in [2.45, 2.75) is 12.8 Å². The number of carbonyl (C=O) groups excluding carboxylic acids is 1. The van der Waals surface area contributed by atoms with E-state index in [1.165, 1.54) is 0 Å². The lowest BCUT2D eigenvalue weighted by atomic mass is 9.99. The monoisotopic (exact) mass is 221 g/mol. The molecule has 1 fully saturated rings. The Hall–Kier alpha value is -1.62. The van der Waals surface area contributed by atoms with Crippen LogP contribution in [-0.2, 0) is 9.53 Å². The second-order valence-corrected chi connectivity index (χ2v) is 3.82. The number of carbonyl (C=O) groups is 1. The van der Waals surface area contributed by atoms with Gasteiger partial charge in [0.25, 0.3) is 0 Å². The van der Waals surface area contributed by atoms with E-state index < -0.39 is 0 Å². The predicted octanol–water partition coefficient (Wildman–Crippen LogP) is 1.03. The summed E-state index contributed by atoms with van der Waals surface area (Å²) in [6.07, 6.45) is 3.13. The number of amides is 1. The van der Waals surface area contributed by atoms with Gasteiger partial charge in [-0.15, -0.1) is 0 Å². The minimum Gasteiger partial charge on any atom is -0.396 e. The molecular formula is C11H15N3O2. The summed E-state index contributed by atoms with van der Waals surface area (Å²) in [6.45, 7) is 1.30. The van der Waals surface area contributed by atoms with Crippen LogP contribution in [-0.4, -0.2) is 24.1 Å². The first-order valence-electron chi connectivity index (χ1n) is 5.36. The maximum atomic E-state index is 11.9. The van der Waals surface area contributed by atoms with Crippen LogP contribution in [0.15, 0.2) is 18.3 Å². The van der Waals surface area contributed by atoms with Crippen molar-refractivity contribution in [3.63, 3.8) is 0 Å². The highest BCUT2D eigenvalue weighted by Gasteiger charge is 2.22. The summed E-state index contributed by atoms with van der Waals surface area (Å²) < 4.78 is 5.20. The average Bonchev–Trinajstić information content (AvgIpc) is 2.33. The van der Waals surface area contributed by atoms with Crippen molar-refractivity contribution >= 4 is 17.4 Å². The highest BCUT2D eigenvalue weighted by atomic mass is 16.5. The Morgan fingerprint density at radius 2 is 2.25 bits per heavy atom. The van der Waals surface area contributed by atoms with Gasteiger partial charge in [-0.1, -0.05) is 0 Å². The third kappa shape index (κ3) is 2.49. The molecule has 5 nitrogen and oxygen atoms in total. The maximum absolute atomic E-state index is 11.9. The van der Waals surface area contributed by atoms with Crippen LogP contribution < -0.4 is 11.1 Å². The molecule has 0 radical (unpaired) electrons. The van der Waals surface area contributed by atoms with Crippen molar-refractivity contribution in [1.82, 2.24) is 4.98 Å². The number of hydrogen-bond acceptors (Lipinski definition) is 4. The van der Waals surface area contributed by atoms with Crippen LogP contribution >= 0.6 is 0 Å². The lowest BCUT2D eigenvalue weighted by molar-refractivity contribution is -0.122. The fourth-order valence-corrected chi connectivity index (χ4v) is 1.70. The van der Waals surface area contributed by atoms with Crippen molar-refractivity contribution < 1.29 is 9.53 Å². The van der Waals surface area contributed by atoms with Crippen LogP contribution in [0.4, 0.5) is 11.5 Å². The van der Waals surface area contributed by atoms with Gasteiger partial charge in [-0.25, -0.2) is 4.98 Å². The summed E-state index contributed by atoms with van der Waals surface area (Å²) in [4.78, 5) is 15.9. The van der Waals surface area contributed by atoms with E-state index in [0.29, 0.717) is 24.7 Å². The summed E-state index contributed by atoms with van der Waals surface area (Å²) in [5.74, 6) is 0.433. The highest BCUT2D eigenvalue weighted by molar-refractivity contribution is 5.94. The number of nitrogen functional groups attached to an aromatic ring is 1. The van der Waals surface area contributed by atoms with E-state index in [9.17, 15) is 4.79 Å². The topological polar surface area (TPSA) is 77.2 Å². The third-order valence-corrected chi connectivity index (χ3v) is 2.67. The zero-order valence-electron chi connectivity index (χ0n) is 8.98. The van der Waals surface area contributed by atoms with Gasteiger partial charge in [-0.2, -0.15) is 0 Å². The Morgan fingerprint density at radius 3 is 2.94 bits per heavy atom. The predicted molar refractivity (Wildman–Crippen MR) is 60.8 cm³/mol. The van der Waals surface area contributed by atoms with Gasteiger partial charge >= 0.3 is 0 Å². The lowest BCUT2D eigenvalue weighted by Gasteiger charge is -2.21. The summed E-state index contributed by atoms with van der Waals surface area (Å²) in [5, 5.41) is 2.75. The van der Waals surface area contributed by atoms with E-state index in [2.05, 4.69) is 10.3 Å². The Bertz CT molecular complexity index is 375. The van der Waals surface area contributed by atoms with Crippen molar-refractivity contribution in [3.05, 3.63) is 18.3 Å². The van der Waals surface area contributed by atoms with E-state index in [1.54, 1.807) is 18.3 Å². The number of nitrogens with one attached hydrogen (secondary N) is 1. The lowest BCUT2D eigenvalue weighted by Crippen LogP contribution is -2.29. The fourth-order valence-electron chi connectivity index (χ4n) is 1.70. The first-order valence-corrected chi connectivity index (χ1v) is 5.36. The van der Waals surface area contributed by atoms with Gasteiger partial charge < -0.3 is 15.8 Å². The van der Waals surface area contributed by atoms with Crippen LogP contribution in [0, 0.1) is 5.92 Å². The van der Waals surface area contributed by atoms with Gasteiger partial charge in [0, 0.05) is 25.3 Å². The van der Waals surface area contributed by atoms with Crippen LogP contribution in [0.3, 0.4) is 0 Å². The van der Waals surface area contributed by atoms with Gasteiger partial charge in [0.05, 0.1) is 5.69 Å². The Labute approximate surface area is 94.0 Å². The summed E-state index contributed by atoms with van der Waals surface area (Å²) >= 11 is 0. The van der Waals surface area contributed by atoms with Gasteiger partial charge in [-0.3, -0.25) is 4.79 Å². The molecule has 0 bridgehead atoms. The standard InChI is InChI=1S/C11H15N3O2/c12-9-2-1-5-13-10(9)14-11(15)8-3-6-16-7-4-8/h1-2,5,8H,3-4,6-7,12H2,(H,13,14,15). The molecule has 1 aromatic heterocycles. The Balaban J connectivity index is 1.99. The number of hydrogen-bond donors (Lipinski definition) is 2. The molecular weight excluding hydrogens is 206 g/mol. The molecule has 1 aliphatic rings. The number of nitrogens with two attached hydrogens (primary N) is 1. The molecule has 0 aliphatic carbocycles. The quantitative estimate of drug-likeness (QED) is 0.782. The normalized spacial score (nSPS) is 17.0. The van der Waals surface area contributed by atoms with Crippen molar-refractivity contribution in [2.75, 3.05) is 24.3 Å². The first kappa shape index (κ1) is 10.9. The molecule has 0 saturated carbocycles. The van der Waals surface area contributed by atoms with Crippen molar-refractivity contribution in [3.8, 4) is 0 Å². The smallest absolute Gasteiger partial charge is 0.228 e. The van der Waals surface area contributed by atoms with E-state index in [1.807, 2.05) is 0 Å². The highest BCUT2D eigenvalue weighted by Crippen LogP contribution is 2.19. The minimum absolute atomic E-state index is 0.00940. The number of rotatable bonds is 2. The van der Waals surface area contributed by atoms with Gasteiger partial charge in [0.1, 0.15) is 0 Å². The number of anilines is 2. The summed E-state index contributed by atoms with van der Waals surface area (Å²) in [6, 6.07) is 3.45. The fraction of sp³-hybridized carbons (Fsp3) is 0.455. The molecule has 16 heavy (non-hydrogen) atoms. The van der Waals surface area contributed by atoms with Crippen molar-refractivity contribution in [1.29, 1.82) is 0 Å². The van der Waals surface area contributed by atoms with Crippen LogP contribution in [0.5, 0.6) is 0 Å². The SMILES string of the molecule is Nc1cccnc1NC(=O)C1CCOCC1. The number of aromatic nitrogens is 1. The first-order chi connectivity index (χ1) is 7.77. The molecule has 0 unspecified atom stereocenters. The second kappa shape index (κ2) is 4.94.